The Kier molecular flexibility index (Phi) is 5.19. The summed E-state index contributed by atoms with van der Waals surface area (Å²) < 4.78 is 0. The first-order chi connectivity index (χ1) is 14.8. The number of fused-ring (bicyclic) bond motifs is 4. The summed E-state index contributed by atoms with van der Waals surface area (Å²) in [5.41, 5.74) is 3.62. The lowest BCUT2D eigenvalue weighted by Gasteiger charge is -2.53. The van der Waals surface area contributed by atoms with Gasteiger partial charge in [-0.1, -0.05) is 62.5 Å². The highest BCUT2D eigenvalue weighted by Gasteiger charge is 2.54. The normalized spacial score (nSPS) is 46.5. The van der Waals surface area contributed by atoms with Crippen LogP contribution in [-0.4, -0.2) is 11.6 Å². The first kappa shape index (κ1) is 19.7. The van der Waals surface area contributed by atoms with Gasteiger partial charge in [0.25, 0.3) is 0 Å². The summed E-state index contributed by atoms with van der Waals surface area (Å²) in [5, 5.41) is 0. The van der Waals surface area contributed by atoms with Crippen LogP contribution in [0.2, 0.25) is 0 Å². The van der Waals surface area contributed by atoms with Crippen molar-refractivity contribution in [2.75, 3.05) is 0 Å². The molecule has 30 heavy (non-hydrogen) atoms. The average molecular weight is 409 g/mol. The highest BCUT2D eigenvalue weighted by Crippen LogP contribution is 2.59. The Hall–Kier alpha value is -0.920. The van der Waals surface area contributed by atoms with Crippen molar-refractivity contribution >= 4 is 11.6 Å². The molecule has 2 nitrogen and oxygen atoms in total. The molecule has 0 aliphatic heterocycles. The highest BCUT2D eigenvalue weighted by molar-refractivity contribution is 5.88. The van der Waals surface area contributed by atoms with Crippen LogP contribution in [0.5, 0.6) is 0 Å². The molecule has 6 aliphatic rings. The van der Waals surface area contributed by atoms with Gasteiger partial charge in [0.1, 0.15) is 11.6 Å². The molecule has 0 aromatic heterocycles. The third-order valence-electron chi connectivity index (χ3n) is 10.5. The van der Waals surface area contributed by atoms with E-state index in [0.29, 0.717) is 58.9 Å². The summed E-state index contributed by atoms with van der Waals surface area (Å²) in [5.74, 6) is 4.76. The Labute approximate surface area is 182 Å². The Bertz CT molecular complexity index is 630. The van der Waals surface area contributed by atoms with E-state index in [2.05, 4.69) is 0 Å². The monoisotopic (exact) mass is 408 g/mol. The predicted molar refractivity (Wildman–Crippen MR) is 119 cm³/mol. The van der Waals surface area contributed by atoms with Crippen LogP contribution in [0.1, 0.15) is 103 Å². The number of hydrogen-bond donors (Lipinski definition) is 0. The maximum atomic E-state index is 13.6. The van der Waals surface area contributed by atoms with Gasteiger partial charge in [0.05, 0.1) is 0 Å². The van der Waals surface area contributed by atoms with Crippen molar-refractivity contribution in [2.24, 2.45) is 47.3 Å². The van der Waals surface area contributed by atoms with Gasteiger partial charge in [0.2, 0.25) is 0 Å². The molecular formula is C28H40O2. The zero-order valence-corrected chi connectivity index (χ0v) is 18.7. The molecule has 6 fully saturated rings. The number of hydrogen-bond acceptors (Lipinski definition) is 2. The van der Waals surface area contributed by atoms with Crippen LogP contribution in [0.3, 0.4) is 0 Å². The Morgan fingerprint density at radius 3 is 0.767 bits per heavy atom. The van der Waals surface area contributed by atoms with E-state index in [4.69, 9.17) is 0 Å². The molecule has 0 aromatic rings. The van der Waals surface area contributed by atoms with Gasteiger partial charge >= 0.3 is 0 Å². The fraction of sp³-hybridized carbons (Fsp3) is 0.857. The van der Waals surface area contributed by atoms with E-state index in [9.17, 15) is 9.59 Å². The van der Waals surface area contributed by atoms with Crippen LogP contribution < -0.4 is 0 Å². The van der Waals surface area contributed by atoms with Gasteiger partial charge < -0.3 is 0 Å². The quantitative estimate of drug-likeness (QED) is 0.419. The molecule has 8 atom stereocenters. The zero-order valence-electron chi connectivity index (χ0n) is 18.7. The first-order valence-electron chi connectivity index (χ1n) is 13.6. The van der Waals surface area contributed by atoms with Crippen LogP contribution in [0.4, 0.5) is 0 Å². The molecule has 0 radical (unpaired) electrons. The number of rotatable bonds is 0. The van der Waals surface area contributed by atoms with E-state index in [1.54, 1.807) is 0 Å². The molecular weight excluding hydrogens is 368 g/mol. The maximum absolute atomic E-state index is 13.6. The number of allylic oxidation sites excluding steroid dienone is 2. The predicted octanol–water partition coefficient (Wildman–Crippen LogP) is 6.67. The lowest BCUT2D eigenvalue weighted by atomic mass is 9.50. The van der Waals surface area contributed by atoms with Crippen molar-refractivity contribution in [1.82, 2.24) is 0 Å². The Balaban J connectivity index is 1.52. The molecule has 0 heterocycles. The van der Waals surface area contributed by atoms with E-state index in [0.717, 1.165) is 25.7 Å². The van der Waals surface area contributed by atoms with Crippen LogP contribution in [0, 0.1) is 47.3 Å². The largest absolute Gasteiger partial charge is 0.299 e. The van der Waals surface area contributed by atoms with E-state index in [-0.39, 0.29) is 0 Å². The van der Waals surface area contributed by atoms with Gasteiger partial charge in [-0.05, 0) is 75.0 Å². The van der Waals surface area contributed by atoms with Crippen LogP contribution in [0.15, 0.2) is 11.1 Å². The summed E-state index contributed by atoms with van der Waals surface area (Å²) in [7, 11) is 0. The van der Waals surface area contributed by atoms with Crippen LogP contribution >= 0.6 is 0 Å². The van der Waals surface area contributed by atoms with Gasteiger partial charge in [-0.25, -0.2) is 0 Å². The van der Waals surface area contributed by atoms with Crippen LogP contribution in [-0.2, 0) is 9.59 Å². The fourth-order valence-corrected chi connectivity index (χ4v) is 9.33. The number of Topliss-reactive ketones (excluding diaryl/α,β-unsaturated/α-hetero) is 2. The molecule has 6 aliphatic carbocycles. The number of ketones is 2. The Morgan fingerprint density at radius 2 is 0.533 bits per heavy atom. The van der Waals surface area contributed by atoms with Gasteiger partial charge in [-0.15, -0.1) is 0 Å². The summed E-state index contributed by atoms with van der Waals surface area (Å²) in [6.07, 6.45) is 19.8. The first-order valence-corrected chi connectivity index (χ1v) is 13.6. The highest BCUT2D eigenvalue weighted by atomic mass is 16.1. The molecule has 2 heteroatoms. The second-order valence-corrected chi connectivity index (χ2v) is 11.7. The maximum Gasteiger partial charge on any atom is 0.140 e. The summed E-state index contributed by atoms with van der Waals surface area (Å²) in [6, 6.07) is 0. The second kappa shape index (κ2) is 7.89. The summed E-state index contributed by atoms with van der Waals surface area (Å²) in [6.45, 7) is 0. The second-order valence-electron chi connectivity index (χ2n) is 11.7. The van der Waals surface area contributed by atoms with Gasteiger partial charge in [-0.3, -0.25) is 9.59 Å². The van der Waals surface area contributed by atoms with Gasteiger partial charge in [0.15, 0.2) is 0 Å². The smallest absolute Gasteiger partial charge is 0.140 e. The molecule has 6 rings (SSSR count). The molecule has 0 aromatic carbocycles. The number of carbonyl (C=O) groups is 2. The molecule has 0 N–H and O–H groups in total. The van der Waals surface area contributed by atoms with E-state index < -0.39 is 0 Å². The molecule has 0 bridgehead atoms. The third-order valence-corrected chi connectivity index (χ3v) is 10.5. The minimum atomic E-state index is 0.322. The standard InChI is InChI=1S/C28H40O2/c29-27-21-13-5-1-9-17(21)25(18-10-2-6-14-22(18)27)26-19-11-3-7-15-23(19)28(30)24-16-8-4-12-20(24)26/h17-24H,1-16H2. The van der Waals surface area contributed by atoms with E-state index >= 15 is 0 Å². The summed E-state index contributed by atoms with van der Waals surface area (Å²) in [4.78, 5) is 27.1. The third kappa shape index (κ3) is 2.95. The van der Waals surface area contributed by atoms with Crippen molar-refractivity contribution in [2.45, 2.75) is 103 Å². The SMILES string of the molecule is O=C1C2CCCCC2C(=C2C3CCCCC3C(=O)C3CCCCC23)C2CCCCC12. The molecule has 0 spiro atoms. The topological polar surface area (TPSA) is 34.1 Å². The van der Waals surface area contributed by atoms with E-state index in [1.165, 1.54) is 77.0 Å². The minimum absolute atomic E-state index is 0.322. The lowest BCUT2D eigenvalue weighted by molar-refractivity contribution is -0.136. The zero-order chi connectivity index (χ0) is 20.2. The van der Waals surface area contributed by atoms with Gasteiger partial charge in [-0.2, -0.15) is 0 Å². The number of carbonyl (C=O) groups excluding carboxylic acids is 2. The van der Waals surface area contributed by atoms with Crippen molar-refractivity contribution in [3.63, 3.8) is 0 Å². The average Bonchev–Trinajstić information content (AvgIpc) is 2.81. The van der Waals surface area contributed by atoms with Gasteiger partial charge in [0, 0.05) is 23.7 Å². The van der Waals surface area contributed by atoms with Crippen LogP contribution in [0.25, 0.3) is 0 Å². The van der Waals surface area contributed by atoms with Crippen molar-refractivity contribution in [3.8, 4) is 0 Å². The van der Waals surface area contributed by atoms with E-state index in [1.807, 2.05) is 11.1 Å². The van der Waals surface area contributed by atoms with Crippen molar-refractivity contribution in [3.05, 3.63) is 11.1 Å². The fourth-order valence-electron chi connectivity index (χ4n) is 9.33. The van der Waals surface area contributed by atoms with Crippen molar-refractivity contribution < 1.29 is 9.59 Å². The molecule has 0 amide bonds. The lowest BCUT2D eigenvalue weighted by Crippen LogP contribution is -2.50. The molecule has 6 saturated carbocycles. The van der Waals surface area contributed by atoms with Crippen molar-refractivity contribution in [1.29, 1.82) is 0 Å². The Morgan fingerprint density at radius 1 is 0.333 bits per heavy atom. The molecule has 0 saturated heterocycles. The molecule has 164 valence electrons. The minimum Gasteiger partial charge on any atom is -0.299 e. The molecule has 8 unspecified atom stereocenters. The summed E-state index contributed by atoms with van der Waals surface area (Å²) >= 11 is 0.